The molecule has 2 rings (SSSR count). The Kier molecular flexibility index (Phi) is 0.638. The average molecular weight is 170 g/mol. The SMILES string of the molecule is [2H]c1nc2[nH]c(=O)[nH]c(=O)n2c1C([2H])([2H])[2H]. The molecule has 2 aromatic heterocycles. The number of aromatic amines is 2. The zero-order valence-corrected chi connectivity index (χ0v) is 5.71. The molecule has 0 spiro atoms. The molecule has 0 aromatic carbocycles. The highest BCUT2D eigenvalue weighted by molar-refractivity contribution is 5.27. The lowest BCUT2D eigenvalue weighted by molar-refractivity contribution is 0.888. The number of aromatic nitrogens is 4. The van der Waals surface area contributed by atoms with Gasteiger partial charge in [0.05, 0.1) is 7.54 Å². The van der Waals surface area contributed by atoms with Crippen molar-refractivity contribution in [2.75, 3.05) is 0 Å². The van der Waals surface area contributed by atoms with E-state index in [1.54, 1.807) is 0 Å². The van der Waals surface area contributed by atoms with Crippen LogP contribution in [0.1, 0.15) is 11.2 Å². The second-order valence-corrected chi connectivity index (χ2v) is 2.12. The van der Waals surface area contributed by atoms with Crippen LogP contribution in [0.25, 0.3) is 5.78 Å². The molecular formula is C6H6N4O2. The van der Waals surface area contributed by atoms with Crippen LogP contribution in [0.3, 0.4) is 0 Å². The summed E-state index contributed by atoms with van der Waals surface area (Å²) in [5.41, 5.74) is -2.27. The van der Waals surface area contributed by atoms with Gasteiger partial charge in [0.2, 0.25) is 5.78 Å². The van der Waals surface area contributed by atoms with E-state index >= 15 is 0 Å². The first-order chi connectivity index (χ1) is 7.30. The largest absolute Gasteiger partial charge is 0.336 e. The number of imidazole rings is 1. The maximum Gasteiger partial charge on any atom is 0.336 e. The Morgan fingerprint density at radius 3 is 3.25 bits per heavy atom. The fourth-order valence-corrected chi connectivity index (χ4v) is 0.879. The number of aryl methyl sites for hydroxylation is 1. The molecule has 0 aliphatic rings. The predicted molar refractivity (Wildman–Crippen MR) is 41.2 cm³/mol. The van der Waals surface area contributed by atoms with Crippen LogP contribution in [0.15, 0.2) is 15.8 Å². The second-order valence-electron chi connectivity index (χ2n) is 2.12. The number of nitrogens with zero attached hydrogens (tertiary/aromatic N) is 2. The van der Waals surface area contributed by atoms with E-state index in [4.69, 9.17) is 5.48 Å². The Bertz CT molecular complexity index is 664. The van der Waals surface area contributed by atoms with Crippen molar-refractivity contribution in [3.63, 3.8) is 0 Å². The first-order valence-corrected chi connectivity index (χ1v) is 3.03. The van der Waals surface area contributed by atoms with Gasteiger partial charge < -0.3 is 0 Å². The van der Waals surface area contributed by atoms with Crippen molar-refractivity contribution in [3.05, 3.63) is 32.8 Å². The number of fused-ring (bicyclic) bond motifs is 1. The third kappa shape index (κ3) is 0.777. The van der Waals surface area contributed by atoms with E-state index in [1.165, 1.54) is 0 Å². The van der Waals surface area contributed by atoms with Crippen molar-refractivity contribution in [3.8, 4) is 0 Å². The van der Waals surface area contributed by atoms with Gasteiger partial charge in [0.25, 0.3) is 0 Å². The molecule has 2 heterocycles. The lowest BCUT2D eigenvalue weighted by Gasteiger charge is -1.91. The van der Waals surface area contributed by atoms with E-state index < -0.39 is 30.1 Å². The molecule has 0 aliphatic carbocycles. The molecule has 0 saturated carbocycles. The van der Waals surface area contributed by atoms with Crippen LogP contribution < -0.4 is 11.4 Å². The summed E-state index contributed by atoms with van der Waals surface area (Å²) in [5.74, 6) is -0.259. The van der Waals surface area contributed by atoms with Crippen molar-refractivity contribution in [2.24, 2.45) is 0 Å². The summed E-state index contributed by atoms with van der Waals surface area (Å²) in [4.78, 5) is 29.8. The Morgan fingerprint density at radius 1 is 1.67 bits per heavy atom. The van der Waals surface area contributed by atoms with Crippen molar-refractivity contribution in [1.29, 1.82) is 0 Å². The summed E-state index contributed by atoms with van der Waals surface area (Å²) in [6, 6.07) is 0. The third-order valence-corrected chi connectivity index (χ3v) is 1.35. The summed E-state index contributed by atoms with van der Waals surface area (Å²) in [5, 5.41) is 0. The molecule has 0 unspecified atom stereocenters. The molecule has 2 aromatic rings. The van der Waals surface area contributed by atoms with Gasteiger partial charge in [0, 0.05) is 9.81 Å². The Hall–Kier alpha value is -1.85. The minimum atomic E-state index is -2.65. The maximum absolute atomic E-state index is 11.4. The third-order valence-electron chi connectivity index (χ3n) is 1.35. The van der Waals surface area contributed by atoms with E-state index in [9.17, 15) is 9.59 Å². The summed E-state index contributed by atoms with van der Waals surface area (Å²) in [7, 11) is 0. The van der Waals surface area contributed by atoms with Crippen LogP contribution >= 0.6 is 0 Å². The fraction of sp³-hybridized carbons (Fsp3) is 0.167. The predicted octanol–water partition coefficient (Wildman–Crippen LogP) is -0.981. The van der Waals surface area contributed by atoms with E-state index in [-0.39, 0.29) is 5.78 Å². The Balaban J connectivity index is 3.01. The Morgan fingerprint density at radius 2 is 2.50 bits per heavy atom. The van der Waals surface area contributed by atoms with Crippen molar-refractivity contribution >= 4 is 5.78 Å². The minimum Gasteiger partial charge on any atom is -0.277 e. The van der Waals surface area contributed by atoms with Crippen LogP contribution in [-0.4, -0.2) is 19.4 Å². The van der Waals surface area contributed by atoms with E-state index in [1.807, 2.05) is 4.98 Å². The summed E-state index contributed by atoms with van der Waals surface area (Å²) in [6.07, 6.45) is -0.563. The molecule has 0 bridgehead atoms. The molecule has 62 valence electrons. The van der Waals surface area contributed by atoms with Gasteiger partial charge >= 0.3 is 11.4 Å². The average Bonchev–Trinajstić information content (AvgIpc) is 2.39. The smallest absolute Gasteiger partial charge is 0.277 e. The van der Waals surface area contributed by atoms with Crippen LogP contribution in [0, 0.1) is 6.85 Å². The molecular weight excluding hydrogens is 160 g/mol. The number of rotatable bonds is 0. The lowest BCUT2D eigenvalue weighted by Crippen LogP contribution is -2.28. The highest BCUT2D eigenvalue weighted by atomic mass is 16.2. The molecule has 0 atom stereocenters. The number of hydrogen-bond acceptors (Lipinski definition) is 3. The lowest BCUT2D eigenvalue weighted by atomic mass is 10.6. The van der Waals surface area contributed by atoms with Gasteiger partial charge in [-0.05, 0) is 6.85 Å². The molecule has 0 radical (unpaired) electrons. The van der Waals surface area contributed by atoms with Crippen molar-refractivity contribution < 1.29 is 5.48 Å². The normalized spacial score (nSPS) is 16.7. The standard InChI is InChI=1S/C6H6N4O2/c1-3-2-7-4-8-5(11)9-6(12)10(3)4/h2H,1H3,(H2,7,8,9,11,12)/i1D3,2D. The first kappa shape index (κ1) is 3.70. The van der Waals surface area contributed by atoms with E-state index in [2.05, 4.69) is 9.97 Å². The van der Waals surface area contributed by atoms with Gasteiger partial charge in [-0.2, -0.15) is 0 Å². The second kappa shape index (κ2) is 2.07. The molecule has 6 nitrogen and oxygen atoms in total. The van der Waals surface area contributed by atoms with Gasteiger partial charge in [-0.15, -0.1) is 0 Å². The molecule has 0 fully saturated rings. The van der Waals surface area contributed by atoms with Crippen LogP contribution in [0.5, 0.6) is 0 Å². The molecule has 0 aliphatic heterocycles. The monoisotopic (exact) mass is 170 g/mol. The molecule has 6 heteroatoms. The fourth-order valence-electron chi connectivity index (χ4n) is 0.879. The van der Waals surface area contributed by atoms with Gasteiger partial charge in [-0.3, -0.25) is 9.97 Å². The molecule has 12 heavy (non-hydrogen) atoms. The maximum atomic E-state index is 11.4. The van der Waals surface area contributed by atoms with Crippen LogP contribution in [0.4, 0.5) is 0 Å². The van der Waals surface area contributed by atoms with Gasteiger partial charge in [-0.25, -0.2) is 19.0 Å². The quantitative estimate of drug-likeness (QED) is 0.533. The number of hydrogen-bond donors (Lipinski definition) is 2. The van der Waals surface area contributed by atoms with E-state index in [0.29, 0.717) is 4.40 Å². The topological polar surface area (TPSA) is 83.0 Å². The van der Waals surface area contributed by atoms with Crippen LogP contribution in [-0.2, 0) is 0 Å². The van der Waals surface area contributed by atoms with Crippen LogP contribution in [0.2, 0.25) is 0 Å². The number of nitrogens with one attached hydrogen (secondary N) is 2. The van der Waals surface area contributed by atoms with Crippen molar-refractivity contribution in [1.82, 2.24) is 19.4 Å². The molecule has 0 amide bonds. The van der Waals surface area contributed by atoms with E-state index in [0.717, 1.165) is 0 Å². The highest BCUT2D eigenvalue weighted by Crippen LogP contribution is 1.94. The van der Waals surface area contributed by atoms with Gasteiger partial charge in [0.15, 0.2) is 0 Å². The summed E-state index contributed by atoms with van der Waals surface area (Å²) < 4.78 is 29.5. The van der Waals surface area contributed by atoms with Gasteiger partial charge in [0.1, 0.15) is 0 Å². The molecule has 2 N–H and O–H groups in total. The molecule has 0 saturated heterocycles. The minimum absolute atomic E-state index is 0.259. The first-order valence-electron chi connectivity index (χ1n) is 5.03. The Labute approximate surface area is 71.5 Å². The van der Waals surface area contributed by atoms with Gasteiger partial charge in [-0.1, -0.05) is 0 Å². The summed E-state index contributed by atoms with van der Waals surface area (Å²) >= 11 is 0. The number of H-pyrrole nitrogens is 2. The highest BCUT2D eigenvalue weighted by Gasteiger charge is 2.02. The summed E-state index contributed by atoms with van der Waals surface area (Å²) in [6.45, 7) is -2.65. The van der Waals surface area contributed by atoms with Crippen molar-refractivity contribution in [2.45, 2.75) is 6.85 Å². The zero-order chi connectivity index (χ0) is 12.1. The zero-order valence-electron chi connectivity index (χ0n) is 9.71.